The second kappa shape index (κ2) is 4.90. The molecule has 0 saturated carbocycles. The maximum absolute atomic E-state index is 12.6. The van der Waals surface area contributed by atoms with Gasteiger partial charge in [-0.2, -0.15) is 13.2 Å². The fourth-order valence-corrected chi connectivity index (χ4v) is 1.45. The van der Waals surface area contributed by atoms with Crippen molar-refractivity contribution in [1.29, 1.82) is 0 Å². The molecule has 94 valence electrons. The molecule has 0 aromatic carbocycles. The first kappa shape index (κ1) is 13.1. The highest BCUT2D eigenvalue weighted by atomic mass is 19.4. The number of hydrogen-bond acceptors (Lipinski definition) is 2. The average Bonchev–Trinajstić information content (AvgIpc) is 2.15. The molecular formula is C9H15F3N2O2. The van der Waals surface area contributed by atoms with Gasteiger partial charge in [0.15, 0.2) is 6.04 Å². The molecule has 2 amide bonds. The van der Waals surface area contributed by atoms with Crippen molar-refractivity contribution in [1.82, 2.24) is 10.2 Å². The third kappa shape index (κ3) is 3.26. The molecule has 0 aromatic heterocycles. The van der Waals surface area contributed by atoms with Gasteiger partial charge in [-0.1, -0.05) is 0 Å². The minimum Gasteiger partial charge on any atom is -0.377 e. The smallest absolute Gasteiger partial charge is 0.377 e. The largest absolute Gasteiger partial charge is 0.411 e. The van der Waals surface area contributed by atoms with Crippen molar-refractivity contribution in [3.8, 4) is 0 Å². The van der Waals surface area contributed by atoms with E-state index < -0.39 is 24.9 Å². The Kier molecular flexibility index (Phi) is 4.01. The van der Waals surface area contributed by atoms with Crippen LogP contribution in [0, 0.1) is 0 Å². The quantitative estimate of drug-likeness (QED) is 0.752. The predicted octanol–water partition coefficient (Wildman–Crippen LogP) is 1.37. The zero-order valence-electron chi connectivity index (χ0n) is 9.17. The van der Waals surface area contributed by atoms with Crippen LogP contribution >= 0.6 is 0 Å². The first-order valence-electron chi connectivity index (χ1n) is 5.04. The Hall–Kier alpha value is -0.980. The summed E-state index contributed by atoms with van der Waals surface area (Å²) in [5, 5.41) is 2.45. The molecule has 4 nitrogen and oxygen atoms in total. The van der Waals surface area contributed by atoms with Crippen molar-refractivity contribution >= 4 is 6.03 Å². The minimum absolute atomic E-state index is 0.0390. The van der Waals surface area contributed by atoms with Crippen LogP contribution in [0.3, 0.4) is 0 Å². The van der Waals surface area contributed by atoms with Gasteiger partial charge in [-0.15, -0.1) is 0 Å². The highest BCUT2D eigenvalue weighted by Gasteiger charge is 2.47. The van der Waals surface area contributed by atoms with Gasteiger partial charge in [-0.25, -0.2) is 4.79 Å². The summed E-state index contributed by atoms with van der Waals surface area (Å²) < 4.78 is 42.5. The molecule has 0 bridgehead atoms. The lowest BCUT2D eigenvalue weighted by Gasteiger charge is -2.36. The van der Waals surface area contributed by atoms with Crippen LogP contribution in [0.15, 0.2) is 0 Å². The molecule has 1 aliphatic rings. The molecule has 1 N–H and O–H groups in total. The molecule has 7 heteroatoms. The van der Waals surface area contributed by atoms with E-state index in [-0.39, 0.29) is 19.2 Å². The van der Waals surface area contributed by atoms with Gasteiger partial charge >= 0.3 is 12.2 Å². The molecule has 1 fully saturated rings. The van der Waals surface area contributed by atoms with Crippen molar-refractivity contribution in [3.63, 3.8) is 0 Å². The van der Waals surface area contributed by atoms with Crippen LogP contribution in [-0.4, -0.2) is 48.9 Å². The van der Waals surface area contributed by atoms with Gasteiger partial charge < -0.3 is 15.0 Å². The highest BCUT2D eigenvalue weighted by Crippen LogP contribution is 2.27. The van der Waals surface area contributed by atoms with Crippen molar-refractivity contribution in [2.45, 2.75) is 32.1 Å². The van der Waals surface area contributed by atoms with Crippen LogP contribution < -0.4 is 5.32 Å². The van der Waals surface area contributed by atoms with Crippen LogP contribution in [0.2, 0.25) is 0 Å². The van der Waals surface area contributed by atoms with Gasteiger partial charge in [0, 0.05) is 12.6 Å². The fraction of sp³-hybridized carbons (Fsp3) is 0.889. The summed E-state index contributed by atoms with van der Waals surface area (Å²) in [5.41, 5.74) is 0. The van der Waals surface area contributed by atoms with E-state index in [9.17, 15) is 18.0 Å². The number of amides is 2. The van der Waals surface area contributed by atoms with Crippen LogP contribution in [0.4, 0.5) is 18.0 Å². The van der Waals surface area contributed by atoms with E-state index in [1.807, 2.05) is 0 Å². The molecule has 1 aliphatic heterocycles. The fourth-order valence-electron chi connectivity index (χ4n) is 1.45. The SMILES string of the molecule is CC(C)NC(=O)N1CCOC[C@H]1C(F)(F)F. The zero-order chi connectivity index (χ0) is 12.3. The lowest BCUT2D eigenvalue weighted by Crippen LogP contribution is -2.58. The Balaban J connectivity index is 2.70. The number of carbonyl (C=O) groups excluding carboxylic acids is 1. The van der Waals surface area contributed by atoms with Gasteiger partial charge in [0.1, 0.15) is 0 Å². The number of halogens is 3. The molecule has 1 rings (SSSR count). The Labute approximate surface area is 91.7 Å². The van der Waals surface area contributed by atoms with E-state index >= 15 is 0 Å². The van der Waals surface area contributed by atoms with Crippen molar-refractivity contribution in [3.05, 3.63) is 0 Å². The number of carbonyl (C=O) groups is 1. The second-order valence-electron chi connectivity index (χ2n) is 3.93. The summed E-state index contributed by atoms with van der Waals surface area (Å²) in [4.78, 5) is 12.3. The minimum atomic E-state index is -4.45. The van der Waals surface area contributed by atoms with Crippen LogP contribution in [0.25, 0.3) is 0 Å². The Bertz CT molecular complexity index is 256. The number of alkyl halides is 3. The van der Waals surface area contributed by atoms with Gasteiger partial charge in [0.05, 0.1) is 13.2 Å². The van der Waals surface area contributed by atoms with Gasteiger partial charge in [-0.05, 0) is 13.8 Å². The van der Waals surface area contributed by atoms with E-state index in [0.29, 0.717) is 0 Å². The summed E-state index contributed by atoms with van der Waals surface area (Å²) in [7, 11) is 0. The third-order valence-electron chi connectivity index (χ3n) is 2.18. The first-order chi connectivity index (χ1) is 7.32. The Morgan fingerprint density at radius 3 is 2.62 bits per heavy atom. The summed E-state index contributed by atoms with van der Waals surface area (Å²) in [6, 6.07) is -2.73. The summed E-state index contributed by atoms with van der Waals surface area (Å²) in [5.74, 6) is 0. The Morgan fingerprint density at radius 1 is 1.50 bits per heavy atom. The van der Waals surface area contributed by atoms with Crippen molar-refractivity contribution < 1.29 is 22.7 Å². The topological polar surface area (TPSA) is 41.6 Å². The van der Waals surface area contributed by atoms with Crippen LogP contribution in [0.5, 0.6) is 0 Å². The first-order valence-corrected chi connectivity index (χ1v) is 5.04. The maximum Gasteiger partial charge on any atom is 0.411 e. The molecule has 0 spiro atoms. The van der Waals surface area contributed by atoms with Crippen LogP contribution in [-0.2, 0) is 4.74 Å². The summed E-state index contributed by atoms with van der Waals surface area (Å²) in [6.07, 6.45) is -4.45. The standard InChI is InChI=1S/C9H15F3N2O2/c1-6(2)13-8(15)14-3-4-16-5-7(14)9(10,11)12/h6-7H,3-5H2,1-2H3,(H,13,15)/t7-/m0/s1. The number of morpholine rings is 1. The van der Waals surface area contributed by atoms with Gasteiger partial charge in [0.2, 0.25) is 0 Å². The van der Waals surface area contributed by atoms with E-state index in [2.05, 4.69) is 5.32 Å². The van der Waals surface area contributed by atoms with E-state index in [0.717, 1.165) is 4.90 Å². The predicted molar refractivity (Wildman–Crippen MR) is 51.0 cm³/mol. The molecule has 0 aliphatic carbocycles. The van der Waals surface area contributed by atoms with Crippen molar-refractivity contribution in [2.75, 3.05) is 19.8 Å². The Morgan fingerprint density at radius 2 is 2.12 bits per heavy atom. The molecule has 0 unspecified atom stereocenters. The number of nitrogens with zero attached hydrogens (tertiary/aromatic N) is 1. The van der Waals surface area contributed by atoms with E-state index in [1.165, 1.54) is 0 Å². The number of rotatable bonds is 1. The molecule has 1 saturated heterocycles. The molecule has 1 heterocycles. The van der Waals surface area contributed by atoms with E-state index in [4.69, 9.17) is 4.74 Å². The third-order valence-corrected chi connectivity index (χ3v) is 2.18. The van der Waals surface area contributed by atoms with Crippen molar-refractivity contribution in [2.24, 2.45) is 0 Å². The molecule has 16 heavy (non-hydrogen) atoms. The second-order valence-corrected chi connectivity index (χ2v) is 3.93. The summed E-state index contributed by atoms with van der Waals surface area (Å²) in [6.45, 7) is 3.00. The van der Waals surface area contributed by atoms with Gasteiger partial charge in [0.25, 0.3) is 0 Å². The lowest BCUT2D eigenvalue weighted by atomic mass is 10.2. The highest BCUT2D eigenvalue weighted by molar-refractivity contribution is 5.75. The maximum atomic E-state index is 12.6. The van der Waals surface area contributed by atoms with E-state index in [1.54, 1.807) is 13.8 Å². The summed E-state index contributed by atoms with van der Waals surface area (Å²) >= 11 is 0. The number of nitrogens with one attached hydrogen (secondary N) is 1. The molecular weight excluding hydrogens is 225 g/mol. The molecule has 0 aromatic rings. The zero-order valence-corrected chi connectivity index (χ0v) is 9.17. The monoisotopic (exact) mass is 240 g/mol. The normalized spacial score (nSPS) is 22.4. The average molecular weight is 240 g/mol. The molecule has 1 atom stereocenters. The van der Waals surface area contributed by atoms with Crippen LogP contribution in [0.1, 0.15) is 13.8 Å². The number of ether oxygens (including phenoxy) is 1. The number of hydrogen-bond donors (Lipinski definition) is 1. The molecule has 0 radical (unpaired) electrons. The van der Waals surface area contributed by atoms with Gasteiger partial charge in [-0.3, -0.25) is 0 Å². The lowest BCUT2D eigenvalue weighted by molar-refractivity contribution is -0.202. The number of urea groups is 1.